The summed E-state index contributed by atoms with van der Waals surface area (Å²) in [5, 5.41) is 8.41. The molecule has 1 aliphatic rings. The van der Waals surface area contributed by atoms with Crippen molar-refractivity contribution in [1.82, 2.24) is 15.5 Å². The summed E-state index contributed by atoms with van der Waals surface area (Å²) >= 11 is 0. The normalized spacial score (nSPS) is 14.9. The molecule has 1 heterocycles. The Bertz CT molecular complexity index is 544. The molecule has 1 aromatic carbocycles. The smallest absolute Gasteiger partial charge is 0.315 e. The van der Waals surface area contributed by atoms with Gasteiger partial charge in [0.05, 0.1) is 13.2 Å². The fraction of sp³-hybridized carbons (Fsp3) is 0.529. The lowest BCUT2D eigenvalue weighted by Gasteiger charge is -2.26. The molecule has 0 atom stereocenters. The number of hydrogen-bond acceptors (Lipinski definition) is 4. The molecule has 1 saturated heterocycles. The van der Waals surface area contributed by atoms with E-state index in [0.717, 1.165) is 50.5 Å². The van der Waals surface area contributed by atoms with E-state index in [1.54, 1.807) is 0 Å². The van der Waals surface area contributed by atoms with E-state index in [2.05, 4.69) is 20.9 Å². The van der Waals surface area contributed by atoms with Crippen LogP contribution in [0.3, 0.4) is 0 Å². The number of anilines is 1. The molecule has 3 amide bonds. The highest BCUT2D eigenvalue weighted by Gasteiger charge is 2.09. The molecular weight excluding hydrogens is 308 g/mol. The van der Waals surface area contributed by atoms with Crippen LogP contribution in [-0.4, -0.2) is 56.2 Å². The minimum atomic E-state index is -0.179. The van der Waals surface area contributed by atoms with E-state index < -0.39 is 0 Å². The number of rotatable bonds is 7. The first-order valence-corrected chi connectivity index (χ1v) is 8.32. The Hall–Kier alpha value is -2.12. The SMILES string of the molecule is CC(=O)Nc1cccc(CNC(=O)NCCCN2CCOCC2)c1. The van der Waals surface area contributed by atoms with Gasteiger partial charge in [-0.15, -0.1) is 0 Å². The Labute approximate surface area is 142 Å². The van der Waals surface area contributed by atoms with Crippen LogP contribution < -0.4 is 16.0 Å². The van der Waals surface area contributed by atoms with Crippen molar-refractivity contribution in [2.24, 2.45) is 0 Å². The van der Waals surface area contributed by atoms with E-state index in [9.17, 15) is 9.59 Å². The standard InChI is InChI=1S/C17H26N4O3/c1-14(22)20-16-5-2-4-15(12-16)13-19-17(23)18-6-3-7-21-8-10-24-11-9-21/h2,4-5,12H,3,6-11,13H2,1H3,(H,20,22)(H2,18,19,23). The van der Waals surface area contributed by atoms with E-state index in [-0.39, 0.29) is 11.9 Å². The second kappa shape index (κ2) is 9.89. The van der Waals surface area contributed by atoms with Crippen LogP contribution in [0.4, 0.5) is 10.5 Å². The van der Waals surface area contributed by atoms with Crippen molar-refractivity contribution in [1.29, 1.82) is 0 Å². The lowest BCUT2D eigenvalue weighted by molar-refractivity contribution is -0.114. The number of nitrogens with one attached hydrogen (secondary N) is 3. The molecule has 0 unspecified atom stereocenters. The summed E-state index contributed by atoms with van der Waals surface area (Å²) < 4.78 is 5.30. The van der Waals surface area contributed by atoms with Gasteiger partial charge < -0.3 is 20.7 Å². The first kappa shape index (κ1) is 18.2. The van der Waals surface area contributed by atoms with Gasteiger partial charge in [-0.2, -0.15) is 0 Å². The number of nitrogens with zero attached hydrogens (tertiary/aromatic N) is 1. The highest BCUT2D eigenvalue weighted by atomic mass is 16.5. The van der Waals surface area contributed by atoms with Crippen LogP contribution in [0.2, 0.25) is 0 Å². The maximum absolute atomic E-state index is 11.8. The molecule has 0 aliphatic carbocycles. The molecule has 1 aromatic rings. The number of ether oxygens (including phenoxy) is 1. The number of morpholine rings is 1. The highest BCUT2D eigenvalue weighted by molar-refractivity contribution is 5.88. The van der Waals surface area contributed by atoms with Crippen molar-refractivity contribution in [3.8, 4) is 0 Å². The lowest BCUT2D eigenvalue weighted by atomic mass is 10.2. The molecule has 132 valence electrons. The molecule has 0 spiro atoms. The molecular formula is C17H26N4O3. The zero-order valence-electron chi connectivity index (χ0n) is 14.1. The number of benzene rings is 1. The zero-order valence-corrected chi connectivity index (χ0v) is 14.1. The van der Waals surface area contributed by atoms with Crippen molar-refractivity contribution in [2.75, 3.05) is 44.7 Å². The summed E-state index contributed by atoms with van der Waals surface area (Å²) in [5.74, 6) is -0.113. The van der Waals surface area contributed by atoms with E-state index in [4.69, 9.17) is 4.74 Å². The van der Waals surface area contributed by atoms with E-state index in [1.165, 1.54) is 6.92 Å². The first-order chi connectivity index (χ1) is 11.6. The predicted octanol–water partition coefficient (Wildman–Crippen LogP) is 1.17. The van der Waals surface area contributed by atoms with E-state index >= 15 is 0 Å². The van der Waals surface area contributed by atoms with Crippen molar-refractivity contribution in [3.05, 3.63) is 29.8 Å². The van der Waals surface area contributed by atoms with Crippen LogP contribution in [-0.2, 0) is 16.1 Å². The molecule has 1 aliphatic heterocycles. The second-order valence-electron chi connectivity index (χ2n) is 5.80. The highest BCUT2D eigenvalue weighted by Crippen LogP contribution is 2.10. The molecule has 0 bridgehead atoms. The molecule has 0 radical (unpaired) electrons. The third-order valence-corrected chi connectivity index (χ3v) is 3.74. The quantitative estimate of drug-likeness (QED) is 0.654. The fourth-order valence-electron chi connectivity index (χ4n) is 2.54. The summed E-state index contributed by atoms with van der Waals surface area (Å²) in [7, 11) is 0. The Morgan fingerprint density at radius 1 is 1.21 bits per heavy atom. The van der Waals surface area contributed by atoms with Crippen molar-refractivity contribution >= 4 is 17.6 Å². The molecule has 0 saturated carbocycles. The Morgan fingerprint density at radius 2 is 2.00 bits per heavy atom. The largest absolute Gasteiger partial charge is 0.379 e. The third-order valence-electron chi connectivity index (χ3n) is 3.74. The fourth-order valence-corrected chi connectivity index (χ4v) is 2.54. The minimum absolute atomic E-state index is 0.113. The Morgan fingerprint density at radius 3 is 2.75 bits per heavy atom. The van der Waals surface area contributed by atoms with E-state index in [1.807, 2.05) is 24.3 Å². The van der Waals surface area contributed by atoms with Gasteiger partial charge in [-0.25, -0.2) is 4.79 Å². The molecule has 3 N–H and O–H groups in total. The number of urea groups is 1. The Kier molecular flexibility index (Phi) is 7.51. The van der Waals surface area contributed by atoms with Gasteiger partial charge in [0.1, 0.15) is 0 Å². The molecule has 1 fully saturated rings. The van der Waals surface area contributed by atoms with Crippen LogP contribution >= 0.6 is 0 Å². The van der Waals surface area contributed by atoms with Crippen LogP contribution in [0.1, 0.15) is 18.9 Å². The molecule has 0 aromatic heterocycles. The number of amides is 3. The maximum atomic E-state index is 11.8. The van der Waals surface area contributed by atoms with Crippen molar-refractivity contribution in [3.63, 3.8) is 0 Å². The lowest BCUT2D eigenvalue weighted by Crippen LogP contribution is -2.39. The molecule has 7 nitrogen and oxygen atoms in total. The average Bonchev–Trinajstić information content (AvgIpc) is 2.58. The third kappa shape index (κ3) is 6.97. The average molecular weight is 334 g/mol. The monoisotopic (exact) mass is 334 g/mol. The van der Waals surface area contributed by atoms with Gasteiger partial charge in [0.2, 0.25) is 5.91 Å². The van der Waals surface area contributed by atoms with Gasteiger partial charge in [-0.1, -0.05) is 12.1 Å². The molecule has 7 heteroatoms. The first-order valence-electron chi connectivity index (χ1n) is 8.32. The maximum Gasteiger partial charge on any atom is 0.315 e. The van der Waals surface area contributed by atoms with Gasteiger partial charge in [-0.05, 0) is 30.7 Å². The molecule has 2 rings (SSSR count). The van der Waals surface area contributed by atoms with Gasteiger partial charge in [0.15, 0.2) is 0 Å². The topological polar surface area (TPSA) is 82.7 Å². The van der Waals surface area contributed by atoms with Gasteiger partial charge >= 0.3 is 6.03 Å². The van der Waals surface area contributed by atoms with E-state index in [0.29, 0.717) is 13.1 Å². The summed E-state index contributed by atoms with van der Waals surface area (Å²) in [4.78, 5) is 25.2. The van der Waals surface area contributed by atoms with Crippen LogP contribution in [0.25, 0.3) is 0 Å². The number of carbonyl (C=O) groups is 2. The summed E-state index contributed by atoms with van der Waals surface area (Å²) in [5.41, 5.74) is 1.66. The second-order valence-corrected chi connectivity index (χ2v) is 5.80. The minimum Gasteiger partial charge on any atom is -0.379 e. The van der Waals surface area contributed by atoms with Gasteiger partial charge in [0, 0.05) is 38.8 Å². The molecule has 24 heavy (non-hydrogen) atoms. The number of carbonyl (C=O) groups excluding carboxylic acids is 2. The Balaban J connectivity index is 1.61. The van der Waals surface area contributed by atoms with Crippen LogP contribution in [0.5, 0.6) is 0 Å². The predicted molar refractivity (Wildman–Crippen MR) is 92.9 cm³/mol. The summed E-state index contributed by atoms with van der Waals surface area (Å²) in [6.07, 6.45) is 0.922. The summed E-state index contributed by atoms with van der Waals surface area (Å²) in [6.45, 7) is 7.04. The van der Waals surface area contributed by atoms with Gasteiger partial charge in [0.25, 0.3) is 0 Å². The van der Waals surface area contributed by atoms with Crippen molar-refractivity contribution in [2.45, 2.75) is 19.9 Å². The van der Waals surface area contributed by atoms with Gasteiger partial charge in [-0.3, -0.25) is 9.69 Å². The van der Waals surface area contributed by atoms with Crippen LogP contribution in [0.15, 0.2) is 24.3 Å². The number of hydrogen-bond donors (Lipinski definition) is 3. The summed E-state index contributed by atoms with van der Waals surface area (Å²) in [6, 6.07) is 7.24. The zero-order chi connectivity index (χ0) is 17.2. The van der Waals surface area contributed by atoms with Crippen molar-refractivity contribution < 1.29 is 14.3 Å². The van der Waals surface area contributed by atoms with Crippen LogP contribution in [0, 0.1) is 0 Å².